The van der Waals surface area contributed by atoms with Crippen molar-refractivity contribution in [2.75, 3.05) is 12.9 Å². The maximum atomic E-state index is 12.2. The molecule has 0 N–H and O–H groups in total. The number of hydrogen-bond acceptors (Lipinski definition) is 4. The van der Waals surface area contributed by atoms with Crippen LogP contribution in [0.25, 0.3) is 17.0 Å². The first-order chi connectivity index (χ1) is 9.19. The fourth-order valence-corrected chi connectivity index (χ4v) is 2.37. The van der Waals surface area contributed by atoms with E-state index in [4.69, 9.17) is 4.74 Å². The van der Waals surface area contributed by atoms with E-state index in [-0.39, 0.29) is 5.56 Å². The van der Waals surface area contributed by atoms with Gasteiger partial charge in [-0.25, -0.2) is 4.98 Å². The lowest BCUT2D eigenvalue weighted by atomic mass is 10.1. The van der Waals surface area contributed by atoms with Gasteiger partial charge in [0.25, 0.3) is 5.56 Å². The van der Waals surface area contributed by atoms with Crippen LogP contribution in [0.4, 0.5) is 0 Å². The van der Waals surface area contributed by atoms with Crippen molar-refractivity contribution >= 4 is 28.7 Å². The number of para-hydroxylation sites is 1. The van der Waals surface area contributed by atoms with Crippen LogP contribution in [-0.2, 0) is 11.8 Å². The minimum atomic E-state index is -0.0268. The highest BCUT2D eigenvalue weighted by Gasteiger charge is 2.09. The Morgan fingerprint density at radius 1 is 1.47 bits per heavy atom. The number of thioether (sulfide) groups is 1. The van der Waals surface area contributed by atoms with E-state index in [9.17, 15) is 4.79 Å². The van der Waals surface area contributed by atoms with E-state index in [1.807, 2.05) is 31.4 Å². The average molecular weight is 276 g/mol. The highest BCUT2D eigenvalue weighted by Crippen LogP contribution is 2.18. The Morgan fingerprint density at radius 2 is 2.26 bits per heavy atom. The lowest BCUT2D eigenvalue weighted by molar-refractivity contribution is 0.272. The number of fused-ring (bicyclic) bond motifs is 1. The van der Waals surface area contributed by atoms with Crippen molar-refractivity contribution in [2.45, 2.75) is 12.1 Å². The van der Waals surface area contributed by atoms with Gasteiger partial charge in [-0.2, -0.15) is 0 Å². The lowest BCUT2D eigenvalue weighted by Gasteiger charge is -2.08. The van der Waals surface area contributed by atoms with E-state index < -0.39 is 0 Å². The van der Waals surface area contributed by atoms with E-state index in [2.05, 4.69) is 4.98 Å². The SMILES string of the molecule is CCOC=Cc1cccc2c(=O)n(C)c(SC)nc12. The van der Waals surface area contributed by atoms with Crippen LogP contribution in [0.15, 0.2) is 34.4 Å². The third-order valence-electron chi connectivity index (χ3n) is 2.79. The van der Waals surface area contributed by atoms with Crippen LogP contribution in [0.5, 0.6) is 0 Å². The maximum Gasteiger partial charge on any atom is 0.261 e. The monoisotopic (exact) mass is 276 g/mol. The fourth-order valence-electron chi connectivity index (χ4n) is 1.83. The summed E-state index contributed by atoms with van der Waals surface area (Å²) in [5.41, 5.74) is 1.57. The highest BCUT2D eigenvalue weighted by atomic mass is 32.2. The molecular formula is C14H16N2O2S. The van der Waals surface area contributed by atoms with E-state index in [0.29, 0.717) is 22.7 Å². The molecule has 0 saturated heterocycles. The summed E-state index contributed by atoms with van der Waals surface area (Å²) in [5.74, 6) is 0. The summed E-state index contributed by atoms with van der Waals surface area (Å²) >= 11 is 1.46. The summed E-state index contributed by atoms with van der Waals surface area (Å²) in [6.07, 6.45) is 5.38. The molecule has 0 fully saturated rings. The number of nitrogens with zero attached hydrogens (tertiary/aromatic N) is 2. The third-order valence-corrected chi connectivity index (χ3v) is 3.52. The molecule has 5 heteroatoms. The molecule has 0 aliphatic carbocycles. The number of aromatic nitrogens is 2. The van der Waals surface area contributed by atoms with Crippen LogP contribution in [0.1, 0.15) is 12.5 Å². The second kappa shape index (κ2) is 5.93. The maximum absolute atomic E-state index is 12.2. The molecule has 0 radical (unpaired) electrons. The van der Waals surface area contributed by atoms with Crippen molar-refractivity contribution in [1.29, 1.82) is 0 Å². The Hall–Kier alpha value is -1.75. The first kappa shape index (κ1) is 13.7. The number of ether oxygens (including phenoxy) is 1. The molecule has 4 nitrogen and oxygen atoms in total. The fraction of sp³-hybridized carbons (Fsp3) is 0.286. The third kappa shape index (κ3) is 2.66. The summed E-state index contributed by atoms with van der Waals surface area (Å²) in [6.45, 7) is 2.54. The Balaban J connectivity index is 2.67. The molecule has 100 valence electrons. The minimum Gasteiger partial charge on any atom is -0.501 e. The molecule has 1 aromatic carbocycles. The van der Waals surface area contributed by atoms with Gasteiger partial charge >= 0.3 is 0 Å². The zero-order chi connectivity index (χ0) is 13.8. The molecule has 2 rings (SSSR count). The summed E-state index contributed by atoms with van der Waals surface area (Å²) in [7, 11) is 1.74. The predicted molar refractivity (Wildman–Crippen MR) is 79.4 cm³/mol. The average Bonchev–Trinajstić information content (AvgIpc) is 2.43. The standard InChI is InChI=1S/C14H16N2O2S/c1-4-18-9-8-10-6-5-7-11-12(10)15-14(19-3)16(2)13(11)17/h5-9H,4H2,1-3H3. The molecule has 2 aromatic rings. The Bertz CT molecular complexity index is 677. The zero-order valence-corrected chi connectivity index (χ0v) is 12.0. The van der Waals surface area contributed by atoms with Crippen molar-refractivity contribution in [3.8, 4) is 0 Å². The smallest absolute Gasteiger partial charge is 0.261 e. The topological polar surface area (TPSA) is 44.1 Å². The van der Waals surface area contributed by atoms with Crippen molar-refractivity contribution in [1.82, 2.24) is 9.55 Å². The Kier molecular flexibility index (Phi) is 4.27. The molecule has 0 unspecified atom stereocenters. The van der Waals surface area contributed by atoms with E-state index >= 15 is 0 Å². The molecule has 19 heavy (non-hydrogen) atoms. The summed E-state index contributed by atoms with van der Waals surface area (Å²) in [5, 5.41) is 1.33. The molecule has 0 aliphatic heterocycles. The molecule has 0 atom stereocenters. The van der Waals surface area contributed by atoms with Crippen LogP contribution in [0.3, 0.4) is 0 Å². The second-order valence-electron chi connectivity index (χ2n) is 3.96. The molecule has 1 heterocycles. The van der Waals surface area contributed by atoms with Gasteiger partial charge in [0.15, 0.2) is 5.16 Å². The highest BCUT2D eigenvalue weighted by molar-refractivity contribution is 7.98. The van der Waals surface area contributed by atoms with Crippen molar-refractivity contribution in [3.63, 3.8) is 0 Å². The van der Waals surface area contributed by atoms with Gasteiger partial charge in [0, 0.05) is 12.6 Å². The van der Waals surface area contributed by atoms with Gasteiger partial charge in [0.1, 0.15) is 0 Å². The van der Waals surface area contributed by atoms with Gasteiger partial charge in [-0.15, -0.1) is 0 Å². The summed E-state index contributed by atoms with van der Waals surface area (Å²) < 4.78 is 6.77. The van der Waals surface area contributed by atoms with Gasteiger partial charge in [0.05, 0.1) is 23.8 Å². The predicted octanol–water partition coefficient (Wildman–Crippen LogP) is 2.66. The van der Waals surface area contributed by atoms with Crippen LogP contribution in [0.2, 0.25) is 0 Å². The first-order valence-corrected chi connectivity index (χ1v) is 7.23. The quantitative estimate of drug-likeness (QED) is 0.489. The number of benzene rings is 1. The molecule has 0 aliphatic rings. The van der Waals surface area contributed by atoms with Gasteiger partial charge in [0.2, 0.25) is 0 Å². The molecule has 0 bridgehead atoms. The van der Waals surface area contributed by atoms with E-state index in [1.165, 1.54) is 11.8 Å². The number of rotatable bonds is 4. The van der Waals surface area contributed by atoms with Crippen LogP contribution in [-0.4, -0.2) is 22.4 Å². The molecule has 0 saturated carbocycles. The van der Waals surface area contributed by atoms with Gasteiger partial charge in [-0.1, -0.05) is 23.9 Å². The minimum absolute atomic E-state index is 0.0268. The first-order valence-electron chi connectivity index (χ1n) is 6.01. The second-order valence-corrected chi connectivity index (χ2v) is 4.74. The van der Waals surface area contributed by atoms with Crippen molar-refractivity contribution < 1.29 is 4.74 Å². The van der Waals surface area contributed by atoms with Gasteiger partial charge in [-0.05, 0) is 25.3 Å². The van der Waals surface area contributed by atoms with Gasteiger partial charge in [-0.3, -0.25) is 9.36 Å². The number of hydrogen-bond donors (Lipinski definition) is 0. The van der Waals surface area contributed by atoms with E-state index in [0.717, 1.165) is 5.56 Å². The molecular weight excluding hydrogens is 260 g/mol. The largest absolute Gasteiger partial charge is 0.501 e. The summed E-state index contributed by atoms with van der Waals surface area (Å²) in [4.78, 5) is 16.8. The Labute approximate surface area is 116 Å². The molecule has 0 amide bonds. The zero-order valence-electron chi connectivity index (χ0n) is 11.2. The van der Waals surface area contributed by atoms with Crippen molar-refractivity contribution in [2.24, 2.45) is 7.05 Å². The van der Waals surface area contributed by atoms with Crippen LogP contribution < -0.4 is 5.56 Å². The van der Waals surface area contributed by atoms with E-state index in [1.54, 1.807) is 23.9 Å². The molecule has 1 aromatic heterocycles. The van der Waals surface area contributed by atoms with Crippen molar-refractivity contribution in [3.05, 3.63) is 40.4 Å². The van der Waals surface area contributed by atoms with Crippen LogP contribution >= 0.6 is 11.8 Å². The lowest BCUT2D eigenvalue weighted by Crippen LogP contribution is -2.20. The van der Waals surface area contributed by atoms with Gasteiger partial charge < -0.3 is 4.74 Å². The molecule has 0 spiro atoms. The normalized spacial score (nSPS) is 11.3. The Morgan fingerprint density at radius 3 is 2.95 bits per heavy atom. The summed E-state index contributed by atoms with van der Waals surface area (Å²) in [6, 6.07) is 5.58. The van der Waals surface area contributed by atoms with Crippen LogP contribution in [0, 0.1) is 0 Å².